The number of hydrogen-bond acceptors (Lipinski definition) is 3. The Morgan fingerprint density at radius 3 is 1.10 bits per heavy atom. The van der Waals surface area contributed by atoms with Crippen LogP contribution < -0.4 is 0 Å². The lowest BCUT2D eigenvalue weighted by Crippen LogP contribution is -2.26. The molecule has 122 valence electrons. The van der Waals surface area contributed by atoms with Crippen LogP contribution in [-0.2, 0) is 0 Å². The van der Waals surface area contributed by atoms with Crippen LogP contribution >= 0.6 is 0 Å². The van der Waals surface area contributed by atoms with Gasteiger partial charge in [0.1, 0.15) is 0 Å². The van der Waals surface area contributed by atoms with Gasteiger partial charge in [-0.3, -0.25) is 0 Å². The van der Waals surface area contributed by atoms with Crippen LogP contribution in [0, 0.1) is 0 Å². The average Bonchev–Trinajstić information content (AvgIpc) is 2.38. The van der Waals surface area contributed by atoms with Crippen molar-refractivity contribution < 1.29 is 15.3 Å². The summed E-state index contributed by atoms with van der Waals surface area (Å²) in [5, 5.41) is 26.2. The highest BCUT2D eigenvalue weighted by atomic mass is 16.7. The molecule has 3 nitrogen and oxygen atoms in total. The van der Waals surface area contributed by atoms with E-state index < -0.39 is 5.97 Å². The Labute approximate surface area is 125 Å². The molecule has 0 atom stereocenters. The van der Waals surface area contributed by atoms with Crippen LogP contribution in [0.1, 0.15) is 103 Å². The number of unbranched alkanes of at least 4 members (excludes halogenated alkanes) is 13. The van der Waals surface area contributed by atoms with E-state index in [2.05, 4.69) is 6.92 Å². The first-order valence-corrected chi connectivity index (χ1v) is 8.73. The Hall–Kier alpha value is -0.120. The molecule has 20 heavy (non-hydrogen) atoms. The molecule has 0 saturated heterocycles. The number of rotatable bonds is 15. The second-order valence-corrected chi connectivity index (χ2v) is 6.12. The minimum absolute atomic E-state index is 0.0605. The summed E-state index contributed by atoms with van der Waals surface area (Å²) in [5.74, 6) is -2.46. The summed E-state index contributed by atoms with van der Waals surface area (Å²) in [5.41, 5.74) is 0. The fraction of sp³-hybridized carbons (Fsp3) is 1.00. The molecule has 0 saturated carbocycles. The lowest BCUT2D eigenvalue weighted by Gasteiger charge is -2.12. The second kappa shape index (κ2) is 13.8. The number of aliphatic hydroxyl groups is 3. The molecule has 3 heteroatoms. The zero-order chi connectivity index (χ0) is 15.1. The summed E-state index contributed by atoms with van der Waals surface area (Å²) < 4.78 is 0. The molecule has 0 aliphatic heterocycles. The van der Waals surface area contributed by atoms with Crippen molar-refractivity contribution in [1.82, 2.24) is 0 Å². The second-order valence-electron chi connectivity index (χ2n) is 6.12. The van der Waals surface area contributed by atoms with Gasteiger partial charge in [-0.15, -0.1) is 0 Å². The standard InChI is InChI=1S/C17H36O3/c1-2-3-4-5-6-7-8-9-10-11-12-13-14-15-16-17(18,19)20/h18-20H,2-16H2,1H3. The molecular formula is C17H36O3. The lowest BCUT2D eigenvalue weighted by atomic mass is 10.0. The Kier molecular flexibility index (Phi) is 13.8. The van der Waals surface area contributed by atoms with Crippen LogP contribution in [0.15, 0.2) is 0 Å². The van der Waals surface area contributed by atoms with Crippen molar-refractivity contribution in [1.29, 1.82) is 0 Å². The third-order valence-electron chi connectivity index (χ3n) is 3.87. The predicted molar refractivity (Wildman–Crippen MR) is 84.3 cm³/mol. The smallest absolute Gasteiger partial charge is 0.275 e. The predicted octanol–water partition coefficient (Wildman–Crippen LogP) is 4.49. The van der Waals surface area contributed by atoms with Gasteiger partial charge in [-0.1, -0.05) is 90.4 Å². The van der Waals surface area contributed by atoms with Gasteiger partial charge in [-0.2, -0.15) is 0 Å². The summed E-state index contributed by atoms with van der Waals surface area (Å²) in [7, 11) is 0. The lowest BCUT2D eigenvalue weighted by molar-refractivity contribution is -0.315. The summed E-state index contributed by atoms with van der Waals surface area (Å²) in [6.07, 6.45) is 17.8. The molecule has 0 unspecified atom stereocenters. The zero-order valence-corrected chi connectivity index (χ0v) is 13.4. The third kappa shape index (κ3) is 17.9. The monoisotopic (exact) mass is 288 g/mol. The molecule has 0 aromatic heterocycles. The Balaban J connectivity index is 2.99. The van der Waals surface area contributed by atoms with Gasteiger partial charge in [-0.05, 0) is 6.42 Å². The van der Waals surface area contributed by atoms with Crippen LogP contribution in [0.5, 0.6) is 0 Å². The van der Waals surface area contributed by atoms with Crippen LogP contribution in [0.25, 0.3) is 0 Å². The maximum Gasteiger partial charge on any atom is 0.275 e. The highest BCUT2D eigenvalue weighted by molar-refractivity contribution is 4.51. The molecule has 0 amide bonds. The van der Waals surface area contributed by atoms with Gasteiger partial charge in [0, 0.05) is 6.42 Å². The van der Waals surface area contributed by atoms with Gasteiger partial charge in [0.2, 0.25) is 0 Å². The van der Waals surface area contributed by atoms with E-state index in [1.807, 2.05) is 0 Å². The largest absolute Gasteiger partial charge is 0.344 e. The van der Waals surface area contributed by atoms with Crippen molar-refractivity contribution in [3.05, 3.63) is 0 Å². The summed E-state index contributed by atoms with van der Waals surface area (Å²) in [6.45, 7) is 2.26. The van der Waals surface area contributed by atoms with E-state index >= 15 is 0 Å². The zero-order valence-electron chi connectivity index (χ0n) is 13.4. The molecule has 0 aromatic rings. The van der Waals surface area contributed by atoms with E-state index in [1.54, 1.807) is 0 Å². The van der Waals surface area contributed by atoms with Gasteiger partial charge in [0.05, 0.1) is 0 Å². The summed E-state index contributed by atoms with van der Waals surface area (Å²) in [6, 6.07) is 0. The topological polar surface area (TPSA) is 60.7 Å². The molecule has 0 aliphatic carbocycles. The molecule has 0 aliphatic rings. The molecule has 0 radical (unpaired) electrons. The normalized spacial score (nSPS) is 12.0. The quantitative estimate of drug-likeness (QED) is 0.307. The average molecular weight is 288 g/mol. The molecule has 0 aromatic carbocycles. The maximum absolute atomic E-state index is 8.72. The van der Waals surface area contributed by atoms with Gasteiger partial charge in [0.25, 0.3) is 5.97 Å². The molecule has 0 spiro atoms. The van der Waals surface area contributed by atoms with Gasteiger partial charge < -0.3 is 15.3 Å². The van der Waals surface area contributed by atoms with E-state index in [9.17, 15) is 0 Å². The van der Waals surface area contributed by atoms with Crippen LogP contribution in [-0.4, -0.2) is 21.3 Å². The summed E-state index contributed by atoms with van der Waals surface area (Å²) >= 11 is 0. The van der Waals surface area contributed by atoms with Crippen molar-refractivity contribution in [3.63, 3.8) is 0 Å². The van der Waals surface area contributed by atoms with Crippen LogP contribution in [0.2, 0.25) is 0 Å². The van der Waals surface area contributed by atoms with Crippen LogP contribution in [0.4, 0.5) is 0 Å². The fourth-order valence-corrected chi connectivity index (χ4v) is 2.56. The fourth-order valence-electron chi connectivity index (χ4n) is 2.56. The third-order valence-corrected chi connectivity index (χ3v) is 3.87. The van der Waals surface area contributed by atoms with Crippen LogP contribution in [0.3, 0.4) is 0 Å². The SMILES string of the molecule is CCCCCCCCCCCCCCCCC(O)(O)O. The van der Waals surface area contributed by atoms with E-state index in [0.29, 0.717) is 6.42 Å². The number of hydrogen-bond donors (Lipinski definition) is 3. The van der Waals surface area contributed by atoms with Gasteiger partial charge in [-0.25, -0.2) is 0 Å². The molecule has 0 bridgehead atoms. The molecule has 0 heterocycles. The van der Waals surface area contributed by atoms with Gasteiger partial charge in [0.15, 0.2) is 0 Å². The van der Waals surface area contributed by atoms with E-state index in [-0.39, 0.29) is 6.42 Å². The highest BCUT2D eigenvalue weighted by Gasteiger charge is 2.16. The first kappa shape index (κ1) is 19.9. The van der Waals surface area contributed by atoms with E-state index in [1.165, 1.54) is 70.6 Å². The Morgan fingerprint density at radius 1 is 0.500 bits per heavy atom. The van der Waals surface area contributed by atoms with Crippen molar-refractivity contribution in [3.8, 4) is 0 Å². The minimum atomic E-state index is -2.46. The molecule has 0 fully saturated rings. The first-order chi connectivity index (χ1) is 9.56. The highest BCUT2D eigenvalue weighted by Crippen LogP contribution is 2.14. The molecular weight excluding hydrogens is 252 g/mol. The van der Waals surface area contributed by atoms with Crippen molar-refractivity contribution in [2.24, 2.45) is 0 Å². The van der Waals surface area contributed by atoms with Crippen molar-refractivity contribution in [2.45, 2.75) is 109 Å². The first-order valence-electron chi connectivity index (χ1n) is 8.73. The van der Waals surface area contributed by atoms with E-state index in [4.69, 9.17) is 15.3 Å². The van der Waals surface area contributed by atoms with Gasteiger partial charge >= 0.3 is 0 Å². The maximum atomic E-state index is 8.72. The molecule has 3 N–H and O–H groups in total. The Bertz CT molecular complexity index is 187. The summed E-state index contributed by atoms with van der Waals surface area (Å²) in [4.78, 5) is 0. The van der Waals surface area contributed by atoms with Crippen molar-refractivity contribution in [2.75, 3.05) is 0 Å². The van der Waals surface area contributed by atoms with E-state index in [0.717, 1.165) is 12.8 Å². The Morgan fingerprint density at radius 2 is 0.800 bits per heavy atom. The minimum Gasteiger partial charge on any atom is -0.344 e. The van der Waals surface area contributed by atoms with Crippen molar-refractivity contribution >= 4 is 0 Å². The molecule has 0 rings (SSSR count).